The molecule has 0 unspecified atom stereocenters. The van der Waals surface area contributed by atoms with E-state index in [1.165, 1.54) is 0 Å². The van der Waals surface area contributed by atoms with Crippen molar-refractivity contribution in [3.8, 4) is 11.5 Å². The number of benzene rings is 1. The molecule has 0 spiro atoms. The Bertz CT molecular complexity index is 397. The first-order valence-electron chi connectivity index (χ1n) is 6.17. The molecule has 0 saturated carbocycles. The molecule has 0 fully saturated rings. The van der Waals surface area contributed by atoms with E-state index < -0.39 is 0 Å². The van der Waals surface area contributed by atoms with Crippen molar-refractivity contribution in [2.24, 2.45) is 11.7 Å². The van der Waals surface area contributed by atoms with E-state index >= 15 is 0 Å². The minimum atomic E-state index is -0.0697. The van der Waals surface area contributed by atoms with Gasteiger partial charge in [0.2, 0.25) is 0 Å². The third-order valence-corrected chi connectivity index (χ3v) is 3.36. The Labute approximate surface area is 126 Å². The largest absolute Gasteiger partial charge is 0.493 e. The van der Waals surface area contributed by atoms with E-state index in [2.05, 4.69) is 13.8 Å². The number of hydrogen-bond acceptors (Lipinski definition) is 3. The van der Waals surface area contributed by atoms with Crippen molar-refractivity contribution >= 4 is 24.0 Å². The van der Waals surface area contributed by atoms with Gasteiger partial charge in [0.25, 0.3) is 0 Å². The molecule has 0 aliphatic carbocycles. The highest BCUT2D eigenvalue weighted by Crippen LogP contribution is 2.39. The molecule has 0 aliphatic heterocycles. The Balaban J connectivity index is 0.00000324. The number of hydrogen-bond donors (Lipinski definition) is 1. The molecule has 1 aromatic rings. The van der Waals surface area contributed by atoms with Crippen LogP contribution in [0.2, 0.25) is 5.02 Å². The summed E-state index contributed by atoms with van der Waals surface area (Å²) < 4.78 is 10.5. The highest BCUT2D eigenvalue weighted by molar-refractivity contribution is 6.33. The van der Waals surface area contributed by atoms with Crippen LogP contribution in [0.3, 0.4) is 0 Å². The zero-order valence-electron chi connectivity index (χ0n) is 11.9. The lowest BCUT2D eigenvalue weighted by Gasteiger charge is -2.18. The van der Waals surface area contributed by atoms with Gasteiger partial charge in [0.1, 0.15) is 0 Å². The van der Waals surface area contributed by atoms with Gasteiger partial charge in [-0.15, -0.1) is 12.4 Å². The van der Waals surface area contributed by atoms with Gasteiger partial charge in [0.15, 0.2) is 11.5 Å². The van der Waals surface area contributed by atoms with Crippen molar-refractivity contribution in [1.29, 1.82) is 0 Å². The van der Waals surface area contributed by atoms with Crippen LogP contribution in [0.25, 0.3) is 0 Å². The van der Waals surface area contributed by atoms with Gasteiger partial charge in [0, 0.05) is 6.04 Å². The van der Waals surface area contributed by atoms with Crippen molar-refractivity contribution < 1.29 is 9.47 Å². The Hall–Kier alpha value is -0.640. The summed E-state index contributed by atoms with van der Waals surface area (Å²) in [6.07, 6.45) is 1.98. The molecule has 0 heterocycles. The number of halogens is 2. The number of rotatable bonds is 6. The summed E-state index contributed by atoms with van der Waals surface area (Å²) in [4.78, 5) is 0. The standard InChI is InChI=1S/C14H22ClNO2.ClH/c1-9(2)5-7-11(16)10-6-8-12(17-3)14(18-4)13(10)15;/h6,8-9,11H,5,7,16H2,1-4H3;1H/t11-;/m1./s1. The van der Waals surface area contributed by atoms with Crippen molar-refractivity contribution in [2.75, 3.05) is 14.2 Å². The van der Waals surface area contributed by atoms with Crippen molar-refractivity contribution in [2.45, 2.75) is 32.7 Å². The second kappa shape index (κ2) is 8.51. The fraction of sp³-hybridized carbons (Fsp3) is 0.571. The van der Waals surface area contributed by atoms with Crippen LogP contribution in [0, 0.1) is 5.92 Å². The van der Waals surface area contributed by atoms with E-state index in [9.17, 15) is 0 Å². The summed E-state index contributed by atoms with van der Waals surface area (Å²) >= 11 is 6.32. The zero-order chi connectivity index (χ0) is 13.7. The van der Waals surface area contributed by atoms with E-state index in [4.69, 9.17) is 26.8 Å². The van der Waals surface area contributed by atoms with E-state index in [1.807, 2.05) is 12.1 Å². The van der Waals surface area contributed by atoms with Gasteiger partial charge in [-0.3, -0.25) is 0 Å². The topological polar surface area (TPSA) is 44.5 Å². The normalized spacial score (nSPS) is 11.9. The first-order valence-corrected chi connectivity index (χ1v) is 6.55. The van der Waals surface area contributed by atoms with E-state index in [1.54, 1.807) is 14.2 Å². The maximum Gasteiger partial charge on any atom is 0.179 e. The summed E-state index contributed by atoms with van der Waals surface area (Å²) in [6, 6.07) is 3.68. The molecule has 19 heavy (non-hydrogen) atoms. The molecule has 1 aromatic carbocycles. The second-order valence-electron chi connectivity index (χ2n) is 4.78. The first kappa shape index (κ1) is 18.4. The van der Waals surface area contributed by atoms with Gasteiger partial charge in [-0.2, -0.15) is 0 Å². The van der Waals surface area contributed by atoms with Crippen LogP contribution in [0.1, 0.15) is 38.3 Å². The summed E-state index contributed by atoms with van der Waals surface area (Å²) in [5.41, 5.74) is 7.09. The molecule has 3 nitrogen and oxygen atoms in total. The van der Waals surface area contributed by atoms with E-state index in [-0.39, 0.29) is 18.4 Å². The van der Waals surface area contributed by atoms with E-state index in [0.29, 0.717) is 22.4 Å². The minimum absolute atomic E-state index is 0. The molecule has 0 aromatic heterocycles. The van der Waals surface area contributed by atoms with Crippen molar-refractivity contribution in [3.63, 3.8) is 0 Å². The molecule has 0 bridgehead atoms. The minimum Gasteiger partial charge on any atom is -0.493 e. The quantitative estimate of drug-likeness (QED) is 0.856. The predicted molar refractivity (Wildman–Crippen MR) is 82.8 cm³/mol. The zero-order valence-corrected chi connectivity index (χ0v) is 13.5. The number of nitrogens with two attached hydrogens (primary N) is 1. The molecular formula is C14H23Cl2NO2. The lowest BCUT2D eigenvalue weighted by Crippen LogP contribution is -2.12. The van der Waals surface area contributed by atoms with Crippen LogP contribution >= 0.6 is 24.0 Å². The summed E-state index contributed by atoms with van der Waals surface area (Å²) in [5, 5.41) is 0.549. The highest BCUT2D eigenvalue weighted by atomic mass is 35.5. The number of ether oxygens (including phenoxy) is 2. The summed E-state index contributed by atoms with van der Waals surface area (Å²) in [7, 11) is 3.17. The Kier molecular flexibility index (Phi) is 8.23. The van der Waals surface area contributed by atoms with Gasteiger partial charge in [0.05, 0.1) is 19.2 Å². The lowest BCUT2D eigenvalue weighted by atomic mass is 9.98. The second-order valence-corrected chi connectivity index (χ2v) is 5.16. The van der Waals surface area contributed by atoms with Gasteiger partial charge < -0.3 is 15.2 Å². The summed E-state index contributed by atoms with van der Waals surface area (Å²) in [5.74, 6) is 1.81. The lowest BCUT2D eigenvalue weighted by molar-refractivity contribution is 0.354. The molecule has 0 amide bonds. The molecule has 2 N–H and O–H groups in total. The Morgan fingerprint density at radius 3 is 2.26 bits per heavy atom. The van der Waals surface area contributed by atoms with Crippen LogP contribution in [-0.2, 0) is 0 Å². The van der Waals surface area contributed by atoms with Gasteiger partial charge >= 0.3 is 0 Å². The van der Waals surface area contributed by atoms with Crippen LogP contribution in [0.4, 0.5) is 0 Å². The van der Waals surface area contributed by atoms with Crippen LogP contribution in [0.5, 0.6) is 11.5 Å². The fourth-order valence-electron chi connectivity index (χ4n) is 1.86. The third-order valence-electron chi connectivity index (χ3n) is 2.97. The maximum atomic E-state index is 6.32. The van der Waals surface area contributed by atoms with Crippen LogP contribution < -0.4 is 15.2 Å². The van der Waals surface area contributed by atoms with Crippen LogP contribution in [-0.4, -0.2) is 14.2 Å². The SMILES string of the molecule is COc1ccc([C@H](N)CCC(C)C)c(Cl)c1OC.Cl. The van der Waals surface area contributed by atoms with Crippen LogP contribution in [0.15, 0.2) is 12.1 Å². The van der Waals surface area contributed by atoms with E-state index in [0.717, 1.165) is 18.4 Å². The molecule has 5 heteroatoms. The average molecular weight is 308 g/mol. The van der Waals surface area contributed by atoms with Gasteiger partial charge in [-0.1, -0.05) is 31.5 Å². The first-order chi connectivity index (χ1) is 8.51. The summed E-state index contributed by atoms with van der Waals surface area (Å²) in [6.45, 7) is 4.37. The predicted octanol–water partition coefficient (Wildman–Crippen LogP) is 4.22. The maximum absolute atomic E-state index is 6.32. The molecular weight excluding hydrogens is 285 g/mol. The molecule has 110 valence electrons. The molecule has 0 aliphatic rings. The van der Waals surface area contributed by atoms with Gasteiger partial charge in [-0.25, -0.2) is 0 Å². The van der Waals surface area contributed by atoms with Crippen molar-refractivity contribution in [1.82, 2.24) is 0 Å². The average Bonchev–Trinajstić information content (AvgIpc) is 2.35. The van der Waals surface area contributed by atoms with Gasteiger partial charge in [-0.05, 0) is 30.4 Å². The fourth-order valence-corrected chi connectivity index (χ4v) is 2.23. The third kappa shape index (κ3) is 4.75. The highest BCUT2D eigenvalue weighted by Gasteiger charge is 2.17. The Morgan fingerprint density at radius 2 is 1.79 bits per heavy atom. The molecule has 0 saturated heterocycles. The Morgan fingerprint density at radius 1 is 1.16 bits per heavy atom. The molecule has 1 rings (SSSR count). The molecule has 0 radical (unpaired) electrons. The molecule has 1 atom stereocenters. The smallest absolute Gasteiger partial charge is 0.179 e. The monoisotopic (exact) mass is 307 g/mol. The number of methoxy groups -OCH3 is 2. The van der Waals surface area contributed by atoms with Crippen molar-refractivity contribution in [3.05, 3.63) is 22.7 Å².